The summed E-state index contributed by atoms with van der Waals surface area (Å²) in [6.45, 7) is 2.13. The van der Waals surface area contributed by atoms with Crippen LogP contribution in [0.2, 0.25) is 0 Å². The predicted molar refractivity (Wildman–Crippen MR) is 110 cm³/mol. The molecule has 0 aliphatic carbocycles. The Hall–Kier alpha value is -3.41. The van der Waals surface area contributed by atoms with Gasteiger partial charge in [0.2, 0.25) is 11.8 Å². The fourth-order valence-electron chi connectivity index (χ4n) is 3.19. The molecule has 0 aliphatic rings. The smallest absolute Gasteiger partial charge is 0.325 e. The number of nitrogens with zero attached hydrogens (tertiary/aromatic N) is 2. The molecule has 1 amide bonds. The van der Waals surface area contributed by atoms with Gasteiger partial charge in [0.05, 0.1) is 12.1 Å². The van der Waals surface area contributed by atoms with E-state index >= 15 is 0 Å². The minimum atomic E-state index is -0.459. The van der Waals surface area contributed by atoms with Crippen LogP contribution in [-0.2, 0) is 20.9 Å². The van der Waals surface area contributed by atoms with Crippen LogP contribution in [0.5, 0.6) is 0 Å². The van der Waals surface area contributed by atoms with Crippen LogP contribution in [0.3, 0.4) is 0 Å². The number of carbonyl (C=O) groups excluding carboxylic acids is 3. The van der Waals surface area contributed by atoms with E-state index in [2.05, 4.69) is 0 Å². The Balaban J connectivity index is 1.66. The zero-order chi connectivity index (χ0) is 20.6. The summed E-state index contributed by atoms with van der Waals surface area (Å²) in [5.41, 5.74) is 1.73. The third-order valence-electron chi connectivity index (χ3n) is 4.62. The maximum Gasteiger partial charge on any atom is 0.325 e. The van der Waals surface area contributed by atoms with Crippen LogP contribution >= 0.6 is 0 Å². The molecule has 29 heavy (non-hydrogen) atoms. The zero-order valence-electron chi connectivity index (χ0n) is 16.4. The SMILES string of the molecule is CCOC(=O)CN(Cc1ccccc1)C(=O)CCC(=O)n1ccc2ccccc21. The standard InChI is InChI=1S/C23H24N2O4/c1-2-29-23(28)17-24(16-18-8-4-3-5-9-18)21(26)12-13-22(27)25-15-14-19-10-6-7-11-20(19)25/h3-11,14-15H,2,12-13,16-17H2,1H3. The maximum atomic E-state index is 12.8. The largest absolute Gasteiger partial charge is 0.465 e. The van der Waals surface area contributed by atoms with Crippen LogP contribution in [-0.4, -0.2) is 40.4 Å². The fraction of sp³-hybridized carbons (Fsp3) is 0.261. The molecule has 0 saturated carbocycles. The normalized spacial score (nSPS) is 10.7. The van der Waals surface area contributed by atoms with E-state index in [1.165, 1.54) is 4.90 Å². The van der Waals surface area contributed by atoms with Gasteiger partial charge in [-0.2, -0.15) is 0 Å². The number of fused-ring (bicyclic) bond motifs is 1. The lowest BCUT2D eigenvalue weighted by atomic mass is 10.2. The van der Waals surface area contributed by atoms with Gasteiger partial charge in [0.25, 0.3) is 0 Å². The van der Waals surface area contributed by atoms with Crippen LogP contribution in [0.25, 0.3) is 10.9 Å². The lowest BCUT2D eigenvalue weighted by Gasteiger charge is -2.22. The Bertz CT molecular complexity index is 994. The number of ether oxygens (including phenoxy) is 1. The summed E-state index contributed by atoms with van der Waals surface area (Å²) in [5, 5.41) is 0.972. The summed E-state index contributed by atoms with van der Waals surface area (Å²) < 4.78 is 6.55. The molecule has 0 N–H and O–H groups in total. The number of para-hydroxylation sites is 1. The van der Waals surface area contributed by atoms with Crippen molar-refractivity contribution in [1.29, 1.82) is 0 Å². The van der Waals surface area contributed by atoms with Crippen molar-refractivity contribution in [2.75, 3.05) is 13.2 Å². The number of benzene rings is 2. The summed E-state index contributed by atoms with van der Waals surface area (Å²) in [5.74, 6) is -0.874. The maximum absolute atomic E-state index is 12.8. The van der Waals surface area contributed by atoms with Crippen molar-refractivity contribution in [3.05, 3.63) is 72.4 Å². The molecule has 1 aromatic heterocycles. The molecule has 0 atom stereocenters. The van der Waals surface area contributed by atoms with Gasteiger partial charge in [0.15, 0.2) is 0 Å². The molecule has 0 saturated heterocycles. The first-order valence-corrected chi connectivity index (χ1v) is 9.65. The van der Waals surface area contributed by atoms with Crippen LogP contribution in [0.4, 0.5) is 0 Å². The second-order valence-electron chi connectivity index (χ2n) is 6.68. The summed E-state index contributed by atoms with van der Waals surface area (Å²) in [4.78, 5) is 38.8. The predicted octanol–water partition coefficient (Wildman–Crippen LogP) is 3.65. The van der Waals surface area contributed by atoms with Crippen molar-refractivity contribution in [3.8, 4) is 0 Å². The first kappa shape index (κ1) is 20.3. The van der Waals surface area contributed by atoms with Crippen molar-refractivity contribution in [1.82, 2.24) is 9.47 Å². The summed E-state index contributed by atoms with van der Waals surface area (Å²) in [6, 6.07) is 18.9. The molecule has 0 spiro atoms. The molecular weight excluding hydrogens is 368 g/mol. The minimum absolute atomic E-state index is 0.0254. The van der Waals surface area contributed by atoms with Gasteiger partial charge in [-0.25, -0.2) is 0 Å². The van der Waals surface area contributed by atoms with Crippen molar-refractivity contribution in [3.63, 3.8) is 0 Å². The third kappa shape index (κ3) is 5.31. The average molecular weight is 392 g/mol. The van der Waals surface area contributed by atoms with E-state index in [-0.39, 0.29) is 37.8 Å². The highest BCUT2D eigenvalue weighted by Crippen LogP contribution is 2.16. The number of esters is 1. The second kappa shape index (κ2) is 9.68. The summed E-state index contributed by atoms with van der Waals surface area (Å²) in [7, 11) is 0. The molecule has 0 unspecified atom stereocenters. The van der Waals surface area contributed by atoms with Crippen LogP contribution in [0.1, 0.15) is 30.1 Å². The second-order valence-corrected chi connectivity index (χ2v) is 6.68. The number of aromatic nitrogens is 1. The van der Waals surface area contributed by atoms with Gasteiger partial charge in [0, 0.05) is 31.0 Å². The molecule has 0 bridgehead atoms. The van der Waals surface area contributed by atoms with Crippen molar-refractivity contribution in [2.45, 2.75) is 26.3 Å². The first-order chi connectivity index (χ1) is 14.1. The van der Waals surface area contributed by atoms with Gasteiger partial charge in [-0.1, -0.05) is 48.5 Å². The molecule has 1 heterocycles. The topological polar surface area (TPSA) is 68.6 Å². The lowest BCUT2D eigenvalue weighted by Crippen LogP contribution is -2.36. The van der Waals surface area contributed by atoms with Crippen LogP contribution in [0, 0.1) is 0 Å². The Morgan fingerprint density at radius 2 is 1.66 bits per heavy atom. The van der Waals surface area contributed by atoms with Crippen LogP contribution < -0.4 is 0 Å². The number of carbonyl (C=O) groups is 3. The lowest BCUT2D eigenvalue weighted by molar-refractivity contribution is -0.149. The Morgan fingerprint density at radius 1 is 0.931 bits per heavy atom. The first-order valence-electron chi connectivity index (χ1n) is 9.65. The molecule has 0 fully saturated rings. The monoisotopic (exact) mass is 392 g/mol. The highest BCUT2D eigenvalue weighted by molar-refractivity contribution is 5.94. The molecule has 6 heteroatoms. The van der Waals surface area contributed by atoms with E-state index in [9.17, 15) is 14.4 Å². The molecule has 0 radical (unpaired) electrons. The van der Waals surface area contributed by atoms with Gasteiger partial charge in [-0.15, -0.1) is 0 Å². The number of hydrogen-bond donors (Lipinski definition) is 0. The zero-order valence-corrected chi connectivity index (χ0v) is 16.4. The molecule has 0 aliphatic heterocycles. The van der Waals surface area contributed by atoms with E-state index in [1.807, 2.05) is 60.7 Å². The molecule has 3 rings (SSSR count). The van der Waals surface area contributed by atoms with Gasteiger partial charge < -0.3 is 9.64 Å². The number of amides is 1. The Labute approximate surface area is 169 Å². The highest BCUT2D eigenvalue weighted by Gasteiger charge is 2.20. The fourth-order valence-corrected chi connectivity index (χ4v) is 3.19. The quantitative estimate of drug-likeness (QED) is 0.549. The van der Waals surface area contributed by atoms with Gasteiger partial charge in [-0.05, 0) is 24.6 Å². The minimum Gasteiger partial charge on any atom is -0.465 e. The van der Waals surface area contributed by atoms with E-state index in [1.54, 1.807) is 17.7 Å². The Kier molecular flexibility index (Phi) is 6.79. The molecule has 2 aromatic carbocycles. The molecule has 150 valence electrons. The van der Waals surface area contributed by atoms with Crippen molar-refractivity contribution < 1.29 is 19.1 Å². The van der Waals surface area contributed by atoms with Crippen LogP contribution in [0.15, 0.2) is 66.9 Å². The van der Waals surface area contributed by atoms with Gasteiger partial charge >= 0.3 is 5.97 Å². The van der Waals surface area contributed by atoms with E-state index < -0.39 is 5.97 Å². The molecule has 6 nitrogen and oxygen atoms in total. The number of hydrogen-bond acceptors (Lipinski definition) is 4. The number of rotatable bonds is 8. The summed E-state index contributed by atoms with van der Waals surface area (Å²) >= 11 is 0. The highest BCUT2D eigenvalue weighted by atomic mass is 16.5. The van der Waals surface area contributed by atoms with E-state index in [0.29, 0.717) is 6.54 Å². The van der Waals surface area contributed by atoms with Gasteiger partial charge in [-0.3, -0.25) is 19.0 Å². The Morgan fingerprint density at radius 3 is 2.41 bits per heavy atom. The van der Waals surface area contributed by atoms with Crippen molar-refractivity contribution >= 4 is 28.7 Å². The van der Waals surface area contributed by atoms with E-state index in [0.717, 1.165) is 16.5 Å². The van der Waals surface area contributed by atoms with Crippen molar-refractivity contribution in [2.24, 2.45) is 0 Å². The summed E-state index contributed by atoms with van der Waals surface area (Å²) in [6.07, 6.45) is 1.81. The van der Waals surface area contributed by atoms with E-state index in [4.69, 9.17) is 4.74 Å². The third-order valence-corrected chi connectivity index (χ3v) is 4.62. The van der Waals surface area contributed by atoms with Gasteiger partial charge in [0.1, 0.15) is 6.54 Å². The average Bonchev–Trinajstić information content (AvgIpc) is 3.16. The molecule has 3 aromatic rings. The molecular formula is C23H24N2O4.